The summed E-state index contributed by atoms with van der Waals surface area (Å²) in [5, 5.41) is 2.03. The topological polar surface area (TPSA) is 44.5 Å². The Morgan fingerprint density at radius 1 is 1.28 bits per heavy atom. The van der Waals surface area contributed by atoms with E-state index in [1.165, 1.54) is 0 Å². The molecule has 0 radical (unpaired) electrons. The smallest absolute Gasteiger partial charge is 0.161 e. The van der Waals surface area contributed by atoms with Gasteiger partial charge in [0.15, 0.2) is 11.5 Å². The van der Waals surface area contributed by atoms with Crippen LogP contribution >= 0.6 is 27.3 Å². The van der Waals surface area contributed by atoms with Crippen LogP contribution < -0.4 is 15.2 Å². The van der Waals surface area contributed by atoms with Gasteiger partial charge in [-0.25, -0.2) is 0 Å². The minimum Gasteiger partial charge on any atom is -0.493 e. The largest absolute Gasteiger partial charge is 0.493 e. The van der Waals surface area contributed by atoms with Crippen molar-refractivity contribution in [2.75, 3.05) is 7.11 Å². The van der Waals surface area contributed by atoms with E-state index in [1.807, 2.05) is 29.6 Å². The minimum atomic E-state index is 0.493. The average molecular weight is 328 g/mol. The molecular formula is C13H14BrNO2S. The molecule has 5 heteroatoms. The first-order valence-electron chi connectivity index (χ1n) is 5.46. The van der Waals surface area contributed by atoms with Crippen molar-refractivity contribution < 1.29 is 9.47 Å². The molecule has 0 aliphatic heterocycles. The van der Waals surface area contributed by atoms with E-state index in [-0.39, 0.29) is 0 Å². The second-order valence-electron chi connectivity index (χ2n) is 3.67. The molecule has 96 valence electrons. The summed E-state index contributed by atoms with van der Waals surface area (Å²) >= 11 is 5.14. The van der Waals surface area contributed by atoms with Crippen molar-refractivity contribution in [3.8, 4) is 11.5 Å². The van der Waals surface area contributed by atoms with E-state index < -0.39 is 0 Å². The second kappa shape index (κ2) is 6.22. The number of hydrogen-bond donors (Lipinski definition) is 1. The molecule has 0 amide bonds. The Kier molecular flexibility index (Phi) is 4.63. The summed E-state index contributed by atoms with van der Waals surface area (Å²) in [7, 11) is 1.63. The molecule has 0 atom stereocenters. The monoisotopic (exact) mass is 327 g/mol. The zero-order chi connectivity index (χ0) is 13.0. The molecule has 0 saturated heterocycles. The van der Waals surface area contributed by atoms with Crippen LogP contribution in [0.2, 0.25) is 0 Å². The first kappa shape index (κ1) is 13.4. The normalized spacial score (nSPS) is 10.4. The highest BCUT2D eigenvalue weighted by Crippen LogP contribution is 2.30. The number of rotatable bonds is 5. The first-order chi connectivity index (χ1) is 8.74. The summed E-state index contributed by atoms with van der Waals surface area (Å²) in [5.41, 5.74) is 6.62. The van der Waals surface area contributed by atoms with Crippen LogP contribution in [0.4, 0.5) is 0 Å². The minimum absolute atomic E-state index is 0.493. The molecule has 0 spiro atoms. The Labute approximate surface area is 119 Å². The Morgan fingerprint density at radius 3 is 2.72 bits per heavy atom. The van der Waals surface area contributed by atoms with Crippen LogP contribution in [0.5, 0.6) is 11.5 Å². The van der Waals surface area contributed by atoms with Crippen molar-refractivity contribution in [3.05, 3.63) is 44.6 Å². The third-order valence-corrected chi connectivity index (χ3v) is 4.41. The number of thiophene rings is 1. The lowest BCUT2D eigenvalue weighted by Crippen LogP contribution is -2.00. The number of halogens is 1. The van der Waals surface area contributed by atoms with Gasteiger partial charge in [-0.2, -0.15) is 0 Å². The van der Waals surface area contributed by atoms with Gasteiger partial charge in [-0.1, -0.05) is 6.07 Å². The van der Waals surface area contributed by atoms with E-state index in [4.69, 9.17) is 15.2 Å². The lowest BCUT2D eigenvalue weighted by Gasteiger charge is -2.11. The van der Waals surface area contributed by atoms with Crippen molar-refractivity contribution in [2.24, 2.45) is 5.73 Å². The zero-order valence-corrected chi connectivity index (χ0v) is 12.4. The second-order valence-corrected chi connectivity index (χ2v) is 5.52. The molecule has 3 nitrogen and oxygen atoms in total. The van der Waals surface area contributed by atoms with Crippen molar-refractivity contribution in [1.29, 1.82) is 0 Å². The van der Waals surface area contributed by atoms with E-state index in [2.05, 4.69) is 15.9 Å². The number of ether oxygens (including phenoxy) is 2. The Bertz CT molecular complexity index is 527. The maximum absolute atomic E-state index is 5.77. The van der Waals surface area contributed by atoms with Gasteiger partial charge in [-0.15, -0.1) is 11.3 Å². The summed E-state index contributed by atoms with van der Waals surface area (Å²) in [6.45, 7) is 1.02. The fourth-order valence-electron chi connectivity index (χ4n) is 1.53. The highest BCUT2D eigenvalue weighted by atomic mass is 79.9. The Balaban J connectivity index is 2.11. The molecule has 18 heavy (non-hydrogen) atoms. The molecule has 0 aliphatic carbocycles. The fourth-order valence-corrected chi connectivity index (χ4v) is 2.91. The van der Waals surface area contributed by atoms with Crippen LogP contribution in [0.1, 0.15) is 10.4 Å². The van der Waals surface area contributed by atoms with Crippen LogP contribution in [0.3, 0.4) is 0 Å². The standard InChI is InChI=1S/C13H14BrNO2S/c1-16-12-6-9(7-15)2-3-11(12)17-8-13-10(14)4-5-18-13/h2-6H,7-8,15H2,1H3. The molecule has 1 heterocycles. The SMILES string of the molecule is COc1cc(CN)ccc1OCc1sccc1Br. The van der Waals surface area contributed by atoms with Crippen molar-refractivity contribution in [1.82, 2.24) is 0 Å². The molecular weight excluding hydrogens is 314 g/mol. The van der Waals surface area contributed by atoms with Gasteiger partial charge in [-0.05, 0) is 45.1 Å². The Hall–Kier alpha value is -1.04. The summed E-state index contributed by atoms with van der Waals surface area (Å²) in [6.07, 6.45) is 0. The quantitative estimate of drug-likeness (QED) is 0.913. The van der Waals surface area contributed by atoms with Gasteiger partial charge in [0, 0.05) is 11.0 Å². The summed E-state index contributed by atoms with van der Waals surface area (Å²) in [5.74, 6) is 1.45. The molecule has 2 rings (SSSR count). The molecule has 1 aromatic heterocycles. The van der Waals surface area contributed by atoms with Gasteiger partial charge < -0.3 is 15.2 Å². The molecule has 0 unspecified atom stereocenters. The van der Waals surface area contributed by atoms with Crippen LogP contribution in [0, 0.1) is 0 Å². The van der Waals surface area contributed by atoms with Gasteiger partial charge in [0.1, 0.15) is 6.61 Å². The zero-order valence-electron chi connectivity index (χ0n) is 9.98. The molecule has 0 bridgehead atoms. The lowest BCUT2D eigenvalue weighted by atomic mass is 10.2. The highest BCUT2D eigenvalue weighted by molar-refractivity contribution is 9.10. The first-order valence-corrected chi connectivity index (χ1v) is 7.13. The van der Waals surface area contributed by atoms with Crippen molar-refractivity contribution in [3.63, 3.8) is 0 Å². The van der Waals surface area contributed by atoms with Crippen LogP contribution in [-0.4, -0.2) is 7.11 Å². The fraction of sp³-hybridized carbons (Fsp3) is 0.231. The van der Waals surface area contributed by atoms with E-state index >= 15 is 0 Å². The number of hydrogen-bond acceptors (Lipinski definition) is 4. The predicted molar refractivity (Wildman–Crippen MR) is 77.2 cm³/mol. The maximum atomic E-state index is 5.77. The summed E-state index contributed by atoms with van der Waals surface area (Å²) in [4.78, 5) is 1.15. The van der Waals surface area contributed by atoms with E-state index in [0.717, 1.165) is 20.7 Å². The van der Waals surface area contributed by atoms with Gasteiger partial charge in [0.05, 0.1) is 12.0 Å². The van der Waals surface area contributed by atoms with Crippen molar-refractivity contribution >= 4 is 27.3 Å². The number of nitrogens with two attached hydrogens (primary N) is 1. The number of benzene rings is 1. The number of methoxy groups -OCH3 is 1. The van der Waals surface area contributed by atoms with Crippen LogP contribution in [0.25, 0.3) is 0 Å². The molecule has 0 fully saturated rings. The van der Waals surface area contributed by atoms with Gasteiger partial charge >= 0.3 is 0 Å². The van der Waals surface area contributed by atoms with Crippen molar-refractivity contribution in [2.45, 2.75) is 13.2 Å². The molecule has 2 aromatic rings. The molecule has 1 aromatic carbocycles. The molecule has 0 saturated carbocycles. The maximum Gasteiger partial charge on any atom is 0.161 e. The van der Waals surface area contributed by atoms with Crippen LogP contribution in [0.15, 0.2) is 34.1 Å². The van der Waals surface area contributed by atoms with Gasteiger partial charge in [0.2, 0.25) is 0 Å². The van der Waals surface area contributed by atoms with Gasteiger partial charge in [-0.3, -0.25) is 0 Å². The summed E-state index contributed by atoms with van der Waals surface area (Å²) < 4.78 is 12.1. The van der Waals surface area contributed by atoms with E-state index in [1.54, 1.807) is 18.4 Å². The van der Waals surface area contributed by atoms with Crippen LogP contribution in [-0.2, 0) is 13.2 Å². The molecule has 0 aliphatic rings. The molecule has 2 N–H and O–H groups in total. The summed E-state index contributed by atoms with van der Waals surface area (Å²) in [6, 6.07) is 7.75. The Morgan fingerprint density at radius 2 is 2.11 bits per heavy atom. The van der Waals surface area contributed by atoms with E-state index in [0.29, 0.717) is 18.9 Å². The van der Waals surface area contributed by atoms with E-state index in [9.17, 15) is 0 Å². The predicted octanol–water partition coefficient (Wildman–Crippen LogP) is 3.56. The average Bonchev–Trinajstić information content (AvgIpc) is 2.81. The third kappa shape index (κ3) is 3.04. The third-order valence-electron chi connectivity index (χ3n) is 2.51. The highest BCUT2D eigenvalue weighted by Gasteiger charge is 2.07. The van der Waals surface area contributed by atoms with Gasteiger partial charge in [0.25, 0.3) is 0 Å². The lowest BCUT2D eigenvalue weighted by molar-refractivity contribution is 0.286.